The van der Waals surface area contributed by atoms with Gasteiger partial charge in [0.2, 0.25) is 0 Å². The molecule has 6 heteroatoms. The molecule has 0 spiro atoms. The van der Waals surface area contributed by atoms with Crippen LogP contribution in [0.15, 0.2) is 18.5 Å². The van der Waals surface area contributed by atoms with Crippen molar-refractivity contribution in [1.29, 1.82) is 0 Å². The molecule has 1 heterocycles. The third kappa shape index (κ3) is 3.21. The maximum absolute atomic E-state index is 12.0. The highest BCUT2D eigenvalue weighted by Gasteiger charge is 2.34. The molecule has 0 bridgehead atoms. The Morgan fingerprint density at radius 2 is 2.06 bits per heavy atom. The molecule has 96 valence electrons. The first-order valence-electron chi connectivity index (χ1n) is 5.17. The molecule has 1 N–H and O–H groups in total. The lowest BCUT2D eigenvalue weighted by Crippen LogP contribution is -2.34. The number of aryl methyl sites for hydroxylation is 1. The number of Topliss-reactive ketones (excluding diaryl/α,β-unsaturated/α-hetero) is 2. The van der Waals surface area contributed by atoms with Gasteiger partial charge in [0, 0.05) is 25.1 Å². The van der Waals surface area contributed by atoms with Crippen LogP contribution in [0.3, 0.4) is 0 Å². The molecule has 0 saturated carbocycles. The summed E-state index contributed by atoms with van der Waals surface area (Å²) in [5.74, 6) is -4.78. The second kappa shape index (κ2) is 6.02. The Morgan fingerprint density at radius 3 is 2.56 bits per heavy atom. The van der Waals surface area contributed by atoms with Gasteiger partial charge in [0.05, 0.1) is 0 Å². The minimum atomic E-state index is -1.74. The summed E-state index contributed by atoms with van der Waals surface area (Å²) in [5, 5.41) is 8.95. The lowest BCUT2D eigenvalue weighted by atomic mass is 9.94. The van der Waals surface area contributed by atoms with E-state index in [1.165, 1.54) is 25.6 Å². The molecule has 1 atom stereocenters. The highest BCUT2D eigenvalue weighted by atomic mass is 16.5. The van der Waals surface area contributed by atoms with Crippen LogP contribution in [0.5, 0.6) is 0 Å². The summed E-state index contributed by atoms with van der Waals surface area (Å²) in [4.78, 5) is 38.3. The zero-order chi connectivity index (χ0) is 13.7. The van der Waals surface area contributed by atoms with Crippen LogP contribution in [-0.4, -0.2) is 41.3 Å². The van der Waals surface area contributed by atoms with Gasteiger partial charge in [-0.2, -0.15) is 0 Å². The molecular formula is C12H13NO5. The first-order chi connectivity index (χ1) is 8.47. The number of aromatic nitrogens is 1. The van der Waals surface area contributed by atoms with Crippen LogP contribution in [0.2, 0.25) is 0 Å². The van der Waals surface area contributed by atoms with E-state index < -0.39 is 30.1 Å². The van der Waals surface area contributed by atoms with Gasteiger partial charge in [-0.25, -0.2) is 0 Å². The van der Waals surface area contributed by atoms with Crippen molar-refractivity contribution in [2.45, 2.75) is 6.92 Å². The Balaban J connectivity index is 3.04. The van der Waals surface area contributed by atoms with Crippen molar-refractivity contribution in [3.63, 3.8) is 0 Å². The fourth-order valence-electron chi connectivity index (χ4n) is 1.48. The zero-order valence-corrected chi connectivity index (χ0v) is 10.0. The molecule has 1 rings (SSSR count). The summed E-state index contributed by atoms with van der Waals surface area (Å²) < 4.78 is 4.56. The number of methoxy groups -OCH3 is 1. The van der Waals surface area contributed by atoms with Crippen molar-refractivity contribution in [1.82, 2.24) is 4.98 Å². The summed E-state index contributed by atoms with van der Waals surface area (Å²) in [6.45, 7) is 1.30. The summed E-state index contributed by atoms with van der Waals surface area (Å²) in [5.41, 5.74) is 0.816. The van der Waals surface area contributed by atoms with E-state index in [9.17, 15) is 14.4 Å². The highest BCUT2D eigenvalue weighted by molar-refractivity contribution is 6.22. The number of ketones is 2. The molecule has 1 unspecified atom stereocenters. The lowest BCUT2D eigenvalue weighted by Gasteiger charge is -2.09. The first-order valence-corrected chi connectivity index (χ1v) is 5.17. The molecule has 1 aromatic heterocycles. The Bertz CT molecular complexity index is 483. The van der Waals surface area contributed by atoms with Crippen LogP contribution in [-0.2, 0) is 14.3 Å². The van der Waals surface area contributed by atoms with Gasteiger partial charge in [0.15, 0.2) is 17.5 Å². The number of carbonyl (C=O) groups is 3. The molecule has 0 saturated heterocycles. The van der Waals surface area contributed by atoms with E-state index >= 15 is 0 Å². The number of ether oxygens (including phenoxy) is 1. The second-order valence-electron chi connectivity index (χ2n) is 3.79. The predicted molar refractivity (Wildman–Crippen MR) is 61.3 cm³/mol. The van der Waals surface area contributed by atoms with Crippen molar-refractivity contribution in [3.8, 4) is 0 Å². The number of hydrogen-bond donors (Lipinski definition) is 1. The van der Waals surface area contributed by atoms with Gasteiger partial charge in [0.25, 0.3) is 0 Å². The van der Waals surface area contributed by atoms with Gasteiger partial charge in [-0.3, -0.25) is 19.4 Å². The Morgan fingerprint density at radius 1 is 1.39 bits per heavy atom. The summed E-state index contributed by atoms with van der Waals surface area (Å²) >= 11 is 0. The average Bonchev–Trinajstić information content (AvgIpc) is 2.28. The van der Waals surface area contributed by atoms with Gasteiger partial charge < -0.3 is 9.84 Å². The minimum absolute atomic E-state index is 0.104. The number of carboxylic acid groups (broad SMARTS) is 1. The molecule has 0 aromatic carbocycles. The molecule has 0 aliphatic heterocycles. The van der Waals surface area contributed by atoms with E-state index in [2.05, 4.69) is 9.72 Å². The Labute approximate surface area is 104 Å². The Hall–Kier alpha value is -2.08. The molecule has 0 aliphatic carbocycles. The summed E-state index contributed by atoms with van der Waals surface area (Å²) in [6, 6.07) is 1.49. The average molecular weight is 251 g/mol. The quantitative estimate of drug-likeness (QED) is 0.584. The minimum Gasteiger partial charge on any atom is -0.480 e. The molecule has 6 nitrogen and oxygen atoms in total. The maximum atomic E-state index is 12.0. The van der Waals surface area contributed by atoms with E-state index in [1.807, 2.05) is 0 Å². The molecule has 0 aliphatic rings. The number of hydrogen-bond acceptors (Lipinski definition) is 5. The van der Waals surface area contributed by atoms with Crippen LogP contribution in [0.4, 0.5) is 0 Å². The number of nitrogens with zero attached hydrogens (tertiary/aromatic N) is 1. The van der Waals surface area contributed by atoms with Crippen LogP contribution in [0.1, 0.15) is 15.9 Å². The van der Waals surface area contributed by atoms with Crippen LogP contribution in [0.25, 0.3) is 0 Å². The third-order valence-corrected chi connectivity index (χ3v) is 2.28. The van der Waals surface area contributed by atoms with Crippen LogP contribution >= 0.6 is 0 Å². The van der Waals surface area contributed by atoms with Crippen LogP contribution < -0.4 is 0 Å². The van der Waals surface area contributed by atoms with Gasteiger partial charge in [-0.15, -0.1) is 0 Å². The molecule has 0 fully saturated rings. The van der Waals surface area contributed by atoms with Gasteiger partial charge in [-0.1, -0.05) is 0 Å². The van der Waals surface area contributed by atoms with E-state index in [-0.39, 0.29) is 5.56 Å². The maximum Gasteiger partial charge on any atom is 0.322 e. The fourth-order valence-corrected chi connectivity index (χ4v) is 1.48. The van der Waals surface area contributed by atoms with Crippen molar-refractivity contribution in [2.75, 3.05) is 13.7 Å². The monoisotopic (exact) mass is 251 g/mol. The molecule has 18 heavy (non-hydrogen) atoms. The normalized spacial score (nSPS) is 11.9. The smallest absolute Gasteiger partial charge is 0.322 e. The number of carbonyl (C=O) groups excluding carboxylic acids is 2. The lowest BCUT2D eigenvalue weighted by molar-refractivity contribution is -0.145. The molecular weight excluding hydrogens is 238 g/mol. The largest absolute Gasteiger partial charge is 0.480 e. The zero-order valence-electron chi connectivity index (χ0n) is 10.0. The van der Waals surface area contributed by atoms with E-state index in [1.54, 1.807) is 6.92 Å². The van der Waals surface area contributed by atoms with E-state index in [4.69, 9.17) is 5.11 Å². The van der Waals surface area contributed by atoms with Gasteiger partial charge in [-0.05, 0) is 18.6 Å². The van der Waals surface area contributed by atoms with Crippen molar-refractivity contribution >= 4 is 17.5 Å². The number of carboxylic acids is 1. The molecule has 1 aromatic rings. The molecule has 0 radical (unpaired) electrons. The number of rotatable bonds is 6. The number of aliphatic carboxylic acids is 1. The topological polar surface area (TPSA) is 93.6 Å². The summed E-state index contributed by atoms with van der Waals surface area (Å²) in [7, 11) is 1.26. The SMILES string of the molecule is COCC(=O)C(C(=O)O)C(=O)c1cncc(C)c1. The third-order valence-electron chi connectivity index (χ3n) is 2.28. The van der Waals surface area contributed by atoms with Crippen molar-refractivity contribution < 1.29 is 24.2 Å². The fraction of sp³-hybridized carbons (Fsp3) is 0.333. The van der Waals surface area contributed by atoms with Crippen LogP contribution in [0, 0.1) is 12.8 Å². The first kappa shape index (κ1) is 14.0. The Kier molecular flexibility index (Phi) is 4.67. The van der Waals surface area contributed by atoms with Gasteiger partial charge in [0.1, 0.15) is 6.61 Å². The highest BCUT2D eigenvalue weighted by Crippen LogP contribution is 2.11. The second-order valence-corrected chi connectivity index (χ2v) is 3.79. The van der Waals surface area contributed by atoms with Gasteiger partial charge >= 0.3 is 5.97 Å². The van der Waals surface area contributed by atoms with E-state index in [0.29, 0.717) is 5.56 Å². The standard InChI is InChI=1S/C12H13NO5/c1-7-3-8(5-13-4-7)11(15)10(12(16)17)9(14)6-18-2/h3-5,10H,6H2,1-2H3,(H,16,17). The van der Waals surface area contributed by atoms with Crippen molar-refractivity contribution in [2.24, 2.45) is 5.92 Å². The molecule has 0 amide bonds. The predicted octanol–water partition coefficient (Wildman–Crippen LogP) is 0.489. The van der Waals surface area contributed by atoms with E-state index in [0.717, 1.165) is 0 Å². The number of pyridine rings is 1. The summed E-state index contributed by atoms with van der Waals surface area (Å²) in [6.07, 6.45) is 2.77. The van der Waals surface area contributed by atoms with Crippen molar-refractivity contribution in [3.05, 3.63) is 29.6 Å².